The highest BCUT2D eigenvalue weighted by molar-refractivity contribution is 6.38. The molecular formula is C13H14Cl2O3. The number of carbonyl (C=O) groups is 1. The summed E-state index contributed by atoms with van der Waals surface area (Å²) in [7, 11) is 0. The van der Waals surface area contributed by atoms with Gasteiger partial charge in [0, 0.05) is 18.6 Å². The summed E-state index contributed by atoms with van der Waals surface area (Å²) in [5.41, 5.74) is 0.611. The number of halogens is 2. The molecule has 0 saturated carbocycles. The molecule has 1 aromatic rings. The lowest BCUT2D eigenvalue weighted by atomic mass is 9.94. The number of hydrogen-bond acceptors (Lipinski definition) is 3. The molecule has 3 nitrogen and oxygen atoms in total. The predicted octanol–water partition coefficient (Wildman–Crippen LogP) is 4.02. The van der Waals surface area contributed by atoms with Crippen molar-refractivity contribution in [3.63, 3.8) is 0 Å². The maximum Gasteiger partial charge on any atom is 0.308 e. The highest BCUT2D eigenvalue weighted by atomic mass is 35.5. The van der Waals surface area contributed by atoms with Gasteiger partial charge >= 0.3 is 5.97 Å². The van der Waals surface area contributed by atoms with Crippen molar-refractivity contribution in [1.82, 2.24) is 0 Å². The number of rotatable bonds is 1. The van der Waals surface area contributed by atoms with Crippen LogP contribution >= 0.6 is 23.2 Å². The van der Waals surface area contributed by atoms with E-state index in [1.807, 2.05) is 13.8 Å². The van der Waals surface area contributed by atoms with Crippen molar-refractivity contribution in [3.05, 3.63) is 21.7 Å². The maximum atomic E-state index is 11.0. The van der Waals surface area contributed by atoms with Crippen LogP contribution in [-0.4, -0.2) is 11.6 Å². The van der Waals surface area contributed by atoms with Gasteiger partial charge < -0.3 is 9.47 Å². The average molecular weight is 289 g/mol. The molecule has 98 valence electrons. The Morgan fingerprint density at radius 1 is 1.44 bits per heavy atom. The van der Waals surface area contributed by atoms with Crippen molar-refractivity contribution in [3.8, 4) is 11.5 Å². The summed E-state index contributed by atoms with van der Waals surface area (Å²) >= 11 is 12.3. The van der Waals surface area contributed by atoms with Crippen LogP contribution in [0.5, 0.6) is 11.5 Å². The van der Waals surface area contributed by atoms with Crippen LogP contribution in [0, 0.1) is 0 Å². The minimum atomic E-state index is -0.448. The molecule has 1 aliphatic heterocycles. The van der Waals surface area contributed by atoms with E-state index in [-0.39, 0.29) is 16.4 Å². The number of esters is 1. The molecule has 0 unspecified atom stereocenters. The van der Waals surface area contributed by atoms with Crippen LogP contribution in [0.1, 0.15) is 32.8 Å². The van der Waals surface area contributed by atoms with E-state index < -0.39 is 5.97 Å². The lowest BCUT2D eigenvalue weighted by Gasteiger charge is -2.33. The molecule has 0 aliphatic carbocycles. The van der Waals surface area contributed by atoms with Gasteiger partial charge in [-0.2, -0.15) is 0 Å². The van der Waals surface area contributed by atoms with Crippen LogP contribution in [-0.2, 0) is 11.2 Å². The van der Waals surface area contributed by atoms with Crippen molar-refractivity contribution in [2.24, 2.45) is 0 Å². The van der Waals surface area contributed by atoms with Crippen molar-refractivity contribution >= 4 is 29.2 Å². The summed E-state index contributed by atoms with van der Waals surface area (Å²) in [6.45, 7) is 5.33. The second-order valence-electron chi connectivity index (χ2n) is 4.93. The molecular weight excluding hydrogens is 275 g/mol. The Morgan fingerprint density at radius 2 is 2.11 bits per heavy atom. The van der Waals surface area contributed by atoms with Crippen molar-refractivity contribution in [1.29, 1.82) is 0 Å². The summed E-state index contributed by atoms with van der Waals surface area (Å²) in [5.74, 6) is 0.431. The molecule has 1 heterocycles. The SMILES string of the molecule is CC(=O)Oc1c(Cl)cc2c(c1Cl)CCC(C)(C)O2. The molecule has 0 bridgehead atoms. The second kappa shape index (κ2) is 4.63. The molecule has 0 amide bonds. The lowest BCUT2D eigenvalue weighted by Crippen LogP contribution is -2.32. The Hall–Kier alpha value is -0.930. The van der Waals surface area contributed by atoms with Gasteiger partial charge in [-0.05, 0) is 26.7 Å². The third kappa shape index (κ3) is 2.57. The first-order valence-electron chi connectivity index (χ1n) is 5.68. The van der Waals surface area contributed by atoms with E-state index in [1.54, 1.807) is 6.07 Å². The van der Waals surface area contributed by atoms with E-state index in [1.165, 1.54) is 6.92 Å². The Bertz CT molecular complexity index is 509. The van der Waals surface area contributed by atoms with E-state index >= 15 is 0 Å². The topological polar surface area (TPSA) is 35.5 Å². The number of benzene rings is 1. The zero-order chi connectivity index (χ0) is 13.5. The maximum absolute atomic E-state index is 11.0. The largest absolute Gasteiger partial charge is 0.487 e. The average Bonchev–Trinajstić information content (AvgIpc) is 2.22. The molecule has 0 N–H and O–H groups in total. The molecule has 0 saturated heterocycles. The Kier molecular flexibility index (Phi) is 3.47. The molecule has 2 rings (SSSR count). The van der Waals surface area contributed by atoms with Crippen LogP contribution in [0.15, 0.2) is 6.07 Å². The van der Waals surface area contributed by atoms with E-state index in [0.717, 1.165) is 18.4 Å². The number of hydrogen-bond donors (Lipinski definition) is 0. The van der Waals surface area contributed by atoms with Gasteiger partial charge in [0.1, 0.15) is 11.4 Å². The summed E-state index contributed by atoms with van der Waals surface area (Å²) in [5, 5.41) is 0.648. The molecule has 18 heavy (non-hydrogen) atoms. The fraction of sp³-hybridized carbons (Fsp3) is 0.462. The van der Waals surface area contributed by atoms with E-state index in [4.69, 9.17) is 32.7 Å². The van der Waals surface area contributed by atoms with Gasteiger partial charge in [0.05, 0.1) is 10.0 Å². The fourth-order valence-electron chi connectivity index (χ4n) is 1.95. The van der Waals surface area contributed by atoms with Gasteiger partial charge in [-0.3, -0.25) is 4.79 Å². The lowest BCUT2D eigenvalue weighted by molar-refractivity contribution is -0.131. The second-order valence-corrected chi connectivity index (χ2v) is 5.72. The zero-order valence-corrected chi connectivity index (χ0v) is 12.0. The minimum absolute atomic E-state index is 0.216. The molecule has 0 aromatic heterocycles. The normalized spacial score (nSPS) is 16.7. The number of ether oxygens (including phenoxy) is 2. The first-order valence-corrected chi connectivity index (χ1v) is 6.44. The van der Waals surface area contributed by atoms with E-state index in [2.05, 4.69) is 0 Å². The summed E-state index contributed by atoms with van der Waals surface area (Å²) in [6, 6.07) is 1.65. The van der Waals surface area contributed by atoms with Crippen LogP contribution in [0.3, 0.4) is 0 Å². The highest BCUT2D eigenvalue weighted by Crippen LogP contribution is 2.45. The van der Waals surface area contributed by atoms with Gasteiger partial charge in [0.25, 0.3) is 0 Å². The molecule has 0 atom stereocenters. The predicted molar refractivity (Wildman–Crippen MR) is 70.8 cm³/mol. The standard InChI is InChI=1S/C13H14Cl2O3/c1-7(16)17-12-9(14)6-10-8(11(12)15)4-5-13(2,3)18-10/h6H,4-5H2,1-3H3. The van der Waals surface area contributed by atoms with Crippen molar-refractivity contribution in [2.75, 3.05) is 0 Å². The van der Waals surface area contributed by atoms with Crippen molar-refractivity contribution < 1.29 is 14.3 Å². The monoisotopic (exact) mass is 288 g/mol. The quantitative estimate of drug-likeness (QED) is 0.578. The first kappa shape index (κ1) is 13.5. The molecule has 1 aromatic carbocycles. The molecule has 0 spiro atoms. The summed E-state index contributed by atoms with van der Waals surface area (Å²) < 4.78 is 10.9. The van der Waals surface area contributed by atoms with Crippen LogP contribution < -0.4 is 9.47 Å². The first-order chi connectivity index (χ1) is 8.30. The Morgan fingerprint density at radius 3 is 2.72 bits per heavy atom. The highest BCUT2D eigenvalue weighted by Gasteiger charge is 2.30. The van der Waals surface area contributed by atoms with Gasteiger partial charge in [-0.15, -0.1) is 0 Å². The fourth-order valence-corrected chi connectivity index (χ4v) is 2.56. The zero-order valence-electron chi connectivity index (χ0n) is 10.5. The third-order valence-corrected chi connectivity index (χ3v) is 3.53. The summed E-state index contributed by atoms with van der Waals surface area (Å²) in [6.07, 6.45) is 1.62. The minimum Gasteiger partial charge on any atom is -0.487 e. The van der Waals surface area contributed by atoms with Gasteiger partial charge in [0.15, 0.2) is 5.75 Å². The smallest absolute Gasteiger partial charge is 0.308 e. The van der Waals surface area contributed by atoms with Crippen LogP contribution in [0.2, 0.25) is 10.0 Å². The Labute approximate surface area is 116 Å². The van der Waals surface area contributed by atoms with Crippen LogP contribution in [0.4, 0.5) is 0 Å². The number of carbonyl (C=O) groups excluding carboxylic acids is 1. The van der Waals surface area contributed by atoms with E-state index in [9.17, 15) is 4.79 Å². The molecule has 0 fully saturated rings. The van der Waals surface area contributed by atoms with Gasteiger partial charge in [-0.25, -0.2) is 0 Å². The molecule has 1 aliphatic rings. The van der Waals surface area contributed by atoms with Crippen molar-refractivity contribution in [2.45, 2.75) is 39.2 Å². The molecule has 0 radical (unpaired) electrons. The Balaban J connectivity index is 2.48. The summed E-state index contributed by atoms with van der Waals surface area (Å²) in [4.78, 5) is 11.0. The number of fused-ring (bicyclic) bond motifs is 1. The van der Waals surface area contributed by atoms with Crippen LogP contribution in [0.25, 0.3) is 0 Å². The van der Waals surface area contributed by atoms with Gasteiger partial charge in [-0.1, -0.05) is 23.2 Å². The third-order valence-electron chi connectivity index (χ3n) is 2.85. The van der Waals surface area contributed by atoms with E-state index in [0.29, 0.717) is 10.8 Å². The van der Waals surface area contributed by atoms with Gasteiger partial charge in [0.2, 0.25) is 0 Å². The molecule has 5 heteroatoms.